The van der Waals surface area contributed by atoms with Gasteiger partial charge >= 0.3 is 0 Å². The summed E-state index contributed by atoms with van der Waals surface area (Å²) >= 11 is 0. The monoisotopic (exact) mass is 228 g/mol. The Labute approximate surface area is 90.5 Å². The number of phenols is 1. The topological polar surface area (TPSA) is 46.5 Å². The lowest BCUT2D eigenvalue weighted by Crippen LogP contribution is -1.97. The van der Waals surface area contributed by atoms with Crippen LogP contribution in [0.25, 0.3) is 0 Å². The molecule has 1 rings (SSSR count). The van der Waals surface area contributed by atoms with Gasteiger partial charge in [-0.3, -0.25) is 4.57 Å². The van der Waals surface area contributed by atoms with Gasteiger partial charge in [-0.15, -0.1) is 0 Å². The van der Waals surface area contributed by atoms with Crippen LogP contribution in [0.4, 0.5) is 0 Å². The number of hydrogen-bond acceptors (Lipinski definition) is 3. The summed E-state index contributed by atoms with van der Waals surface area (Å²) < 4.78 is 17.0. The van der Waals surface area contributed by atoms with Crippen LogP contribution in [0, 0.1) is 0 Å². The first-order valence-corrected chi connectivity index (χ1v) is 7.28. The molecular weight excluding hydrogens is 211 g/mol. The molecule has 0 aliphatic heterocycles. The maximum atomic E-state index is 11.8. The highest BCUT2D eigenvalue weighted by Crippen LogP contribution is 2.42. The van der Waals surface area contributed by atoms with E-state index in [0.717, 1.165) is 5.56 Å². The number of rotatable bonds is 5. The van der Waals surface area contributed by atoms with Crippen LogP contribution in [0.5, 0.6) is 5.75 Å². The van der Waals surface area contributed by atoms with E-state index in [4.69, 9.17) is 4.52 Å². The largest absolute Gasteiger partial charge is 0.508 e. The lowest BCUT2D eigenvalue weighted by Gasteiger charge is -2.12. The molecule has 1 N–H and O–H groups in total. The Bertz CT molecular complexity index is 363. The number of hydrogen-bond donors (Lipinski definition) is 1. The van der Waals surface area contributed by atoms with Gasteiger partial charge in [0, 0.05) is 12.8 Å². The molecule has 0 saturated carbocycles. The minimum atomic E-state index is -2.45. The van der Waals surface area contributed by atoms with Crippen molar-refractivity contribution in [3.8, 4) is 5.75 Å². The Morgan fingerprint density at radius 1 is 1.47 bits per heavy atom. The molecule has 0 saturated heterocycles. The molecule has 3 nitrogen and oxygen atoms in total. The molecule has 4 heteroatoms. The number of aryl methyl sites for hydroxylation is 1. The molecule has 1 aromatic carbocycles. The van der Waals surface area contributed by atoms with Gasteiger partial charge in [0.15, 0.2) is 0 Å². The normalized spacial score (nSPS) is 14.8. The van der Waals surface area contributed by atoms with Gasteiger partial charge in [0.2, 0.25) is 7.37 Å². The Morgan fingerprint density at radius 3 is 2.80 bits per heavy atom. The second kappa shape index (κ2) is 5.34. The molecule has 0 fully saturated rings. The smallest absolute Gasteiger partial charge is 0.200 e. The molecule has 0 aliphatic carbocycles. The Balaban J connectivity index is 2.53. The van der Waals surface area contributed by atoms with Crippen molar-refractivity contribution < 1.29 is 14.2 Å². The maximum absolute atomic E-state index is 11.8. The molecule has 84 valence electrons. The number of phenolic OH excluding ortho intramolecular Hbond substituents is 1. The van der Waals surface area contributed by atoms with Crippen molar-refractivity contribution in [1.29, 1.82) is 0 Å². The number of aromatic hydroxyl groups is 1. The summed E-state index contributed by atoms with van der Waals surface area (Å²) in [6.07, 6.45) is 1.19. The average molecular weight is 228 g/mol. The lowest BCUT2D eigenvalue weighted by atomic mass is 10.2. The van der Waals surface area contributed by atoms with Gasteiger partial charge in [-0.05, 0) is 31.0 Å². The lowest BCUT2D eigenvalue weighted by molar-refractivity contribution is 0.337. The van der Waals surface area contributed by atoms with E-state index in [0.29, 0.717) is 19.2 Å². The third kappa shape index (κ3) is 4.50. The van der Waals surface area contributed by atoms with Crippen molar-refractivity contribution >= 4 is 7.37 Å². The summed E-state index contributed by atoms with van der Waals surface area (Å²) in [7, 11) is -2.45. The van der Waals surface area contributed by atoms with Crippen molar-refractivity contribution in [2.45, 2.75) is 13.3 Å². The summed E-state index contributed by atoms with van der Waals surface area (Å²) in [5.41, 5.74) is 0.983. The highest BCUT2D eigenvalue weighted by Gasteiger charge is 2.14. The summed E-state index contributed by atoms with van der Waals surface area (Å²) in [6.45, 7) is 3.97. The first kappa shape index (κ1) is 12.3. The first-order valence-electron chi connectivity index (χ1n) is 5.02. The highest BCUT2D eigenvalue weighted by molar-refractivity contribution is 7.58. The van der Waals surface area contributed by atoms with Crippen LogP contribution in [0.3, 0.4) is 0 Å². The van der Waals surface area contributed by atoms with Crippen LogP contribution in [-0.2, 0) is 15.5 Å². The fourth-order valence-corrected chi connectivity index (χ4v) is 2.72. The van der Waals surface area contributed by atoms with Crippen LogP contribution < -0.4 is 0 Å². The minimum Gasteiger partial charge on any atom is -0.508 e. The fourth-order valence-electron chi connectivity index (χ4n) is 1.38. The van der Waals surface area contributed by atoms with Crippen LogP contribution in [-0.4, -0.2) is 24.5 Å². The van der Waals surface area contributed by atoms with Gasteiger partial charge in [-0.1, -0.05) is 12.1 Å². The zero-order valence-electron chi connectivity index (χ0n) is 9.14. The van der Waals surface area contributed by atoms with E-state index < -0.39 is 7.37 Å². The van der Waals surface area contributed by atoms with Gasteiger partial charge in [0.05, 0.1) is 6.61 Å². The molecule has 1 atom stereocenters. The molecule has 0 radical (unpaired) electrons. The highest BCUT2D eigenvalue weighted by atomic mass is 31.2. The van der Waals surface area contributed by atoms with E-state index in [1.54, 1.807) is 24.9 Å². The van der Waals surface area contributed by atoms with E-state index in [1.807, 2.05) is 13.0 Å². The average Bonchev–Trinajstić information content (AvgIpc) is 2.15. The minimum absolute atomic E-state index is 0.245. The zero-order chi connectivity index (χ0) is 11.3. The third-order valence-electron chi connectivity index (χ3n) is 2.12. The van der Waals surface area contributed by atoms with Gasteiger partial charge in [-0.25, -0.2) is 0 Å². The van der Waals surface area contributed by atoms with Crippen molar-refractivity contribution in [1.82, 2.24) is 0 Å². The molecule has 0 bridgehead atoms. The van der Waals surface area contributed by atoms with Crippen molar-refractivity contribution in [3.05, 3.63) is 29.8 Å². The predicted octanol–water partition coefficient (Wildman–Crippen LogP) is 2.88. The molecular formula is C11H17O3P. The molecule has 0 amide bonds. The van der Waals surface area contributed by atoms with Gasteiger partial charge in [0.1, 0.15) is 5.75 Å². The maximum Gasteiger partial charge on any atom is 0.200 e. The van der Waals surface area contributed by atoms with Crippen LogP contribution in [0.1, 0.15) is 12.5 Å². The van der Waals surface area contributed by atoms with Crippen molar-refractivity contribution in [3.63, 3.8) is 0 Å². The van der Waals surface area contributed by atoms with Crippen molar-refractivity contribution in [2.75, 3.05) is 19.4 Å². The van der Waals surface area contributed by atoms with Crippen molar-refractivity contribution in [2.24, 2.45) is 0 Å². The first-order chi connectivity index (χ1) is 7.03. The SMILES string of the molecule is CCOP(C)(=O)CCc1cccc(O)c1. The van der Waals surface area contributed by atoms with E-state index in [2.05, 4.69) is 0 Å². The molecule has 0 aliphatic rings. The van der Waals surface area contributed by atoms with E-state index in [9.17, 15) is 9.67 Å². The second-order valence-corrected chi connectivity index (χ2v) is 6.31. The summed E-state index contributed by atoms with van der Waals surface area (Å²) in [6, 6.07) is 7.00. The second-order valence-electron chi connectivity index (χ2n) is 3.58. The van der Waals surface area contributed by atoms with Crippen LogP contribution in [0.2, 0.25) is 0 Å². The Morgan fingerprint density at radius 2 is 2.20 bits per heavy atom. The zero-order valence-corrected chi connectivity index (χ0v) is 10.0. The number of benzene rings is 1. The van der Waals surface area contributed by atoms with Gasteiger partial charge in [0.25, 0.3) is 0 Å². The standard InChI is InChI=1S/C11H17O3P/c1-3-14-15(2,13)8-7-10-5-4-6-11(12)9-10/h4-6,9,12H,3,7-8H2,1-2H3. The third-order valence-corrected chi connectivity index (χ3v) is 3.96. The summed E-state index contributed by atoms with van der Waals surface area (Å²) in [4.78, 5) is 0. The van der Waals surface area contributed by atoms with E-state index in [1.165, 1.54) is 0 Å². The summed E-state index contributed by atoms with van der Waals surface area (Å²) in [5.74, 6) is 0.245. The molecule has 1 unspecified atom stereocenters. The fraction of sp³-hybridized carbons (Fsp3) is 0.455. The molecule has 15 heavy (non-hydrogen) atoms. The predicted molar refractivity (Wildman–Crippen MR) is 61.8 cm³/mol. The Hall–Kier alpha value is -0.790. The Kier molecular flexibility index (Phi) is 4.37. The van der Waals surface area contributed by atoms with Gasteiger partial charge in [-0.2, -0.15) is 0 Å². The van der Waals surface area contributed by atoms with Crippen LogP contribution >= 0.6 is 7.37 Å². The summed E-state index contributed by atoms with van der Waals surface area (Å²) in [5, 5.41) is 9.25. The molecule has 1 aromatic rings. The van der Waals surface area contributed by atoms with Crippen LogP contribution in [0.15, 0.2) is 24.3 Å². The van der Waals surface area contributed by atoms with Gasteiger partial charge < -0.3 is 9.63 Å². The quantitative estimate of drug-likeness (QED) is 0.788. The molecule has 0 spiro atoms. The van der Waals surface area contributed by atoms with E-state index in [-0.39, 0.29) is 5.75 Å². The molecule has 0 aromatic heterocycles. The van der Waals surface area contributed by atoms with E-state index >= 15 is 0 Å². The molecule has 0 heterocycles.